The van der Waals surface area contributed by atoms with E-state index in [4.69, 9.17) is 24.9 Å². The highest BCUT2D eigenvalue weighted by atomic mass is 16.5. The Balaban J connectivity index is 1.35. The molecule has 0 aliphatic carbocycles. The van der Waals surface area contributed by atoms with Gasteiger partial charge < -0.3 is 29.8 Å². The van der Waals surface area contributed by atoms with Crippen molar-refractivity contribution in [2.75, 3.05) is 51.3 Å². The monoisotopic (exact) mass is 646 g/mol. The number of nitrogens with zero attached hydrogens (tertiary/aromatic N) is 5. The van der Waals surface area contributed by atoms with Gasteiger partial charge in [0.2, 0.25) is 11.9 Å². The first-order valence-corrected chi connectivity index (χ1v) is 15.9. The van der Waals surface area contributed by atoms with Crippen LogP contribution >= 0.6 is 0 Å². The van der Waals surface area contributed by atoms with Crippen LogP contribution in [0.25, 0.3) is 11.0 Å². The summed E-state index contributed by atoms with van der Waals surface area (Å²) in [5.41, 5.74) is 8.94. The van der Waals surface area contributed by atoms with E-state index in [9.17, 15) is 14.4 Å². The fraction of sp³-hybridized carbons (Fsp3) is 0.424. The number of carbonyl (C=O) groups is 3. The number of nitrogens with one attached hydrogen (secondary N) is 2. The summed E-state index contributed by atoms with van der Waals surface area (Å²) in [5.74, 6) is -0.289. The molecule has 0 atom stereocenters. The first kappa shape index (κ1) is 33.4. The number of amides is 3. The molecule has 2 aromatic heterocycles. The molecule has 47 heavy (non-hydrogen) atoms. The zero-order valence-electron chi connectivity index (χ0n) is 26.9. The van der Waals surface area contributed by atoms with Gasteiger partial charge in [-0.3, -0.25) is 24.5 Å². The number of primary amides is 1. The van der Waals surface area contributed by atoms with E-state index in [-0.39, 0.29) is 24.0 Å². The van der Waals surface area contributed by atoms with Crippen LogP contribution in [0, 0.1) is 0 Å². The number of rotatable bonds is 15. The van der Waals surface area contributed by atoms with Crippen LogP contribution in [-0.4, -0.2) is 88.1 Å². The minimum Gasteiger partial charge on any atom is -0.491 e. The van der Waals surface area contributed by atoms with Crippen molar-refractivity contribution in [1.82, 2.24) is 29.5 Å². The van der Waals surface area contributed by atoms with Crippen molar-refractivity contribution in [3.05, 3.63) is 71.0 Å². The fourth-order valence-corrected chi connectivity index (χ4v) is 5.45. The third-order valence-corrected chi connectivity index (χ3v) is 7.82. The van der Waals surface area contributed by atoms with E-state index in [1.165, 1.54) is 0 Å². The van der Waals surface area contributed by atoms with Gasteiger partial charge in [-0.1, -0.05) is 37.3 Å². The Morgan fingerprint density at radius 2 is 1.85 bits per heavy atom. The third-order valence-electron chi connectivity index (χ3n) is 7.82. The largest absolute Gasteiger partial charge is 0.491 e. The Bertz CT molecular complexity index is 1680. The van der Waals surface area contributed by atoms with Gasteiger partial charge in [-0.25, -0.2) is 9.78 Å². The molecule has 1 aliphatic heterocycles. The summed E-state index contributed by atoms with van der Waals surface area (Å²) in [4.78, 5) is 45.1. The number of benzene rings is 2. The van der Waals surface area contributed by atoms with E-state index in [1.54, 1.807) is 30.1 Å². The summed E-state index contributed by atoms with van der Waals surface area (Å²) >= 11 is 0. The van der Waals surface area contributed by atoms with Gasteiger partial charge in [-0.2, -0.15) is 5.10 Å². The van der Waals surface area contributed by atoms with Gasteiger partial charge >= 0.3 is 6.09 Å². The summed E-state index contributed by atoms with van der Waals surface area (Å²) < 4.78 is 20.5. The minimum absolute atomic E-state index is 0.164. The number of aromatic nitrogens is 4. The lowest BCUT2D eigenvalue weighted by molar-refractivity contribution is 0.0358. The van der Waals surface area contributed by atoms with Crippen LogP contribution in [0.4, 0.5) is 10.7 Å². The SMILES string of the molecule is CCc1nn(C)cc1C(=O)Nc1nc2cc(C(N)=O)cc(OCCCN3CCOCC3)c2n1CCCNC(=O)OCc1ccccc1. The number of hydrogen-bond donors (Lipinski definition) is 3. The molecule has 1 saturated heterocycles. The molecule has 3 heterocycles. The molecule has 3 amide bonds. The third kappa shape index (κ3) is 8.86. The van der Waals surface area contributed by atoms with Crippen LogP contribution in [-0.2, 0) is 36.1 Å². The maximum Gasteiger partial charge on any atom is 0.407 e. The normalized spacial score (nSPS) is 13.4. The predicted octanol–water partition coefficient (Wildman–Crippen LogP) is 3.10. The highest BCUT2D eigenvalue weighted by Crippen LogP contribution is 2.31. The average molecular weight is 647 g/mol. The fourth-order valence-electron chi connectivity index (χ4n) is 5.45. The summed E-state index contributed by atoms with van der Waals surface area (Å²) in [7, 11) is 1.76. The molecular weight excluding hydrogens is 604 g/mol. The zero-order valence-corrected chi connectivity index (χ0v) is 26.9. The van der Waals surface area contributed by atoms with Gasteiger partial charge in [0.25, 0.3) is 5.91 Å². The molecule has 5 rings (SSSR count). The van der Waals surface area contributed by atoms with Crippen molar-refractivity contribution in [3.8, 4) is 5.75 Å². The van der Waals surface area contributed by atoms with Gasteiger partial charge in [-0.05, 0) is 37.0 Å². The van der Waals surface area contributed by atoms with Gasteiger partial charge in [0.05, 0.1) is 36.6 Å². The van der Waals surface area contributed by atoms with Gasteiger partial charge in [0.15, 0.2) is 0 Å². The van der Waals surface area contributed by atoms with Crippen LogP contribution in [0.2, 0.25) is 0 Å². The Labute approximate surface area is 273 Å². The van der Waals surface area contributed by atoms with E-state index >= 15 is 0 Å². The molecule has 14 heteroatoms. The van der Waals surface area contributed by atoms with Crippen LogP contribution in [0.3, 0.4) is 0 Å². The number of hydrogen-bond acceptors (Lipinski definition) is 9. The lowest BCUT2D eigenvalue weighted by atomic mass is 10.1. The molecule has 1 fully saturated rings. The summed E-state index contributed by atoms with van der Waals surface area (Å²) in [6.45, 7) is 7.19. The standard InChI is InChI=1S/C33H42N8O6/c1-3-26-25(21-39(2)38-26)31(43)37-32-36-27-19-24(30(34)42)20-28(46-16-8-12-40-14-17-45-18-15-40)29(27)41(32)13-7-11-35-33(44)47-22-23-9-5-4-6-10-23/h4-6,9-10,19-21H,3,7-8,11-18,22H2,1-2H3,(H2,34,42)(H,35,44)(H,36,37,43). The highest BCUT2D eigenvalue weighted by Gasteiger charge is 2.22. The van der Waals surface area contributed by atoms with Gasteiger partial charge in [-0.15, -0.1) is 0 Å². The number of imidazole rings is 1. The Hall–Kier alpha value is -4.95. The Morgan fingerprint density at radius 3 is 2.60 bits per heavy atom. The molecule has 1 aliphatic rings. The molecular formula is C33H42N8O6. The number of anilines is 1. The molecule has 0 unspecified atom stereocenters. The number of morpholine rings is 1. The quantitative estimate of drug-likeness (QED) is 0.164. The number of alkyl carbamates (subject to hydrolysis) is 1. The van der Waals surface area contributed by atoms with Crippen molar-refractivity contribution in [1.29, 1.82) is 0 Å². The second-order valence-electron chi connectivity index (χ2n) is 11.3. The molecule has 250 valence electrons. The molecule has 0 saturated carbocycles. The van der Waals surface area contributed by atoms with E-state index in [0.29, 0.717) is 73.8 Å². The van der Waals surface area contributed by atoms with Gasteiger partial charge in [0, 0.05) is 51.5 Å². The molecule has 2 aromatic carbocycles. The number of ether oxygens (including phenoxy) is 3. The number of nitrogens with two attached hydrogens (primary N) is 1. The van der Waals surface area contributed by atoms with E-state index in [2.05, 4.69) is 20.6 Å². The number of aryl methyl sites for hydroxylation is 3. The van der Waals surface area contributed by atoms with E-state index in [0.717, 1.165) is 31.6 Å². The molecule has 14 nitrogen and oxygen atoms in total. The zero-order chi connectivity index (χ0) is 33.2. The maximum atomic E-state index is 13.5. The maximum absolute atomic E-state index is 13.5. The topological polar surface area (TPSA) is 168 Å². The second kappa shape index (κ2) is 16.1. The van der Waals surface area contributed by atoms with Gasteiger partial charge in [0.1, 0.15) is 17.9 Å². The van der Waals surface area contributed by atoms with E-state index < -0.39 is 12.0 Å². The van der Waals surface area contributed by atoms with Crippen molar-refractivity contribution >= 4 is 34.9 Å². The molecule has 0 bridgehead atoms. The number of carbonyl (C=O) groups excluding carboxylic acids is 3. The van der Waals surface area contributed by atoms with Crippen molar-refractivity contribution in [2.24, 2.45) is 12.8 Å². The summed E-state index contributed by atoms with van der Waals surface area (Å²) in [6.07, 6.45) is 2.96. The summed E-state index contributed by atoms with van der Waals surface area (Å²) in [5, 5.41) is 10.1. The molecule has 4 N–H and O–H groups in total. The number of fused-ring (bicyclic) bond motifs is 1. The van der Waals surface area contributed by atoms with Crippen LogP contribution in [0.15, 0.2) is 48.7 Å². The van der Waals surface area contributed by atoms with Crippen LogP contribution < -0.4 is 21.1 Å². The predicted molar refractivity (Wildman–Crippen MR) is 175 cm³/mol. The Morgan fingerprint density at radius 1 is 1.06 bits per heavy atom. The second-order valence-corrected chi connectivity index (χ2v) is 11.3. The first-order valence-electron chi connectivity index (χ1n) is 15.9. The molecule has 0 spiro atoms. The average Bonchev–Trinajstić information content (AvgIpc) is 3.64. The van der Waals surface area contributed by atoms with Crippen molar-refractivity contribution < 1.29 is 28.6 Å². The van der Waals surface area contributed by atoms with Crippen LogP contribution in [0.1, 0.15) is 51.7 Å². The Kier molecular flexibility index (Phi) is 11.4. The van der Waals surface area contributed by atoms with Crippen molar-refractivity contribution in [3.63, 3.8) is 0 Å². The van der Waals surface area contributed by atoms with E-state index in [1.807, 2.05) is 41.8 Å². The lowest BCUT2D eigenvalue weighted by Crippen LogP contribution is -2.37. The lowest BCUT2D eigenvalue weighted by Gasteiger charge is -2.26. The minimum atomic E-state index is -0.619. The van der Waals surface area contributed by atoms with Crippen molar-refractivity contribution in [2.45, 2.75) is 39.3 Å². The molecule has 4 aromatic rings. The first-order chi connectivity index (χ1) is 22.8. The van der Waals surface area contributed by atoms with Crippen LogP contribution in [0.5, 0.6) is 5.75 Å². The smallest absolute Gasteiger partial charge is 0.407 e. The highest BCUT2D eigenvalue weighted by molar-refractivity contribution is 6.05. The molecule has 0 radical (unpaired) electrons. The summed E-state index contributed by atoms with van der Waals surface area (Å²) in [6, 6.07) is 12.6.